The van der Waals surface area contributed by atoms with Gasteiger partial charge in [0.25, 0.3) is 0 Å². The monoisotopic (exact) mass is 453 g/mol. The molecule has 1 amide bonds. The van der Waals surface area contributed by atoms with Crippen LogP contribution in [0.4, 0.5) is 0 Å². The molecule has 0 bridgehead atoms. The number of alkyl halides is 1. The maximum Gasteiger partial charge on any atom is 0.233 e. The van der Waals surface area contributed by atoms with Gasteiger partial charge in [-0.05, 0) is 28.8 Å². The molecule has 0 saturated carbocycles. The second-order valence-electron chi connectivity index (χ2n) is 6.75. The quantitative estimate of drug-likeness (QED) is 0.476. The molecular weight excluding hydrogens is 430 g/mol. The van der Waals surface area contributed by atoms with Crippen LogP contribution in [-0.2, 0) is 17.9 Å². The van der Waals surface area contributed by atoms with E-state index in [0.29, 0.717) is 13.2 Å². The van der Waals surface area contributed by atoms with E-state index >= 15 is 0 Å². The Morgan fingerprint density at radius 3 is 2.07 bits per heavy atom. The minimum absolute atomic E-state index is 0.0595. The average molecular weight is 454 g/mol. The summed E-state index contributed by atoms with van der Waals surface area (Å²) in [5.74, 6) is 0.679. The van der Waals surface area contributed by atoms with E-state index < -0.39 is 6.10 Å². The Morgan fingerprint density at radius 2 is 1.48 bits per heavy atom. The highest BCUT2D eigenvalue weighted by molar-refractivity contribution is 9.09. The zero-order valence-electron chi connectivity index (χ0n) is 16.1. The van der Waals surface area contributed by atoms with Crippen molar-refractivity contribution in [1.82, 2.24) is 4.90 Å². The number of aliphatic hydroxyl groups excluding tert-OH is 1. The van der Waals surface area contributed by atoms with Crippen molar-refractivity contribution in [3.05, 3.63) is 102 Å². The second kappa shape index (κ2) is 10.8. The molecule has 1 unspecified atom stereocenters. The zero-order chi connectivity index (χ0) is 20.5. The highest BCUT2D eigenvalue weighted by Gasteiger charge is 2.18. The number of ether oxygens (including phenoxy) is 1. The highest BCUT2D eigenvalue weighted by Crippen LogP contribution is 2.21. The minimum Gasteiger partial charge on any atom is -0.489 e. The van der Waals surface area contributed by atoms with Crippen LogP contribution in [0.25, 0.3) is 0 Å². The number of carbonyl (C=O) groups is 1. The lowest BCUT2D eigenvalue weighted by molar-refractivity contribution is -0.130. The summed E-state index contributed by atoms with van der Waals surface area (Å²) in [6, 6.07) is 27.1. The number of aliphatic hydroxyl groups is 1. The molecule has 4 nitrogen and oxygen atoms in total. The predicted molar refractivity (Wildman–Crippen MR) is 118 cm³/mol. The van der Waals surface area contributed by atoms with Gasteiger partial charge >= 0.3 is 0 Å². The van der Waals surface area contributed by atoms with Crippen LogP contribution in [0.5, 0.6) is 5.75 Å². The van der Waals surface area contributed by atoms with Crippen LogP contribution in [0, 0.1) is 0 Å². The van der Waals surface area contributed by atoms with Crippen molar-refractivity contribution < 1.29 is 14.6 Å². The lowest BCUT2D eigenvalue weighted by atomic mass is 10.1. The van der Waals surface area contributed by atoms with Crippen LogP contribution in [0.1, 0.15) is 22.8 Å². The summed E-state index contributed by atoms with van der Waals surface area (Å²) >= 11 is 3.23. The predicted octanol–water partition coefficient (Wildman–Crippen LogP) is 4.72. The molecule has 1 atom stereocenters. The molecule has 0 saturated heterocycles. The van der Waals surface area contributed by atoms with Gasteiger partial charge in [0.15, 0.2) is 0 Å². The molecular formula is C24H24BrNO3. The third-order valence-electron chi connectivity index (χ3n) is 4.59. The first-order valence-corrected chi connectivity index (χ1v) is 10.6. The summed E-state index contributed by atoms with van der Waals surface area (Å²) in [6.07, 6.45) is -0.773. The Hall–Kier alpha value is -2.63. The Balaban J connectivity index is 1.60. The van der Waals surface area contributed by atoms with Crippen molar-refractivity contribution in [2.45, 2.75) is 19.3 Å². The molecule has 1 N–H and O–H groups in total. The SMILES string of the molecule is O=C(CBr)N(Cc1ccccc1)CC(O)c1ccc(OCc2ccccc2)cc1. The Bertz CT molecular complexity index is 885. The molecule has 0 heterocycles. The number of rotatable bonds is 9. The van der Waals surface area contributed by atoms with Crippen LogP contribution in [-0.4, -0.2) is 27.8 Å². The Labute approximate surface area is 179 Å². The van der Waals surface area contributed by atoms with Gasteiger partial charge in [0, 0.05) is 6.54 Å². The van der Waals surface area contributed by atoms with Crippen molar-refractivity contribution in [3.63, 3.8) is 0 Å². The van der Waals surface area contributed by atoms with Gasteiger partial charge in [-0.25, -0.2) is 0 Å². The highest BCUT2D eigenvalue weighted by atomic mass is 79.9. The van der Waals surface area contributed by atoms with Gasteiger partial charge in [-0.1, -0.05) is 88.7 Å². The van der Waals surface area contributed by atoms with Gasteiger partial charge in [-0.3, -0.25) is 4.79 Å². The third-order valence-corrected chi connectivity index (χ3v) is 5.07. The summed E-state index contributed by atoms with van der Waals surface area (Å²) in [4.78, 5) is 14.0. The second-order valence-corrected chi connectivity index (χ2v) is 7.31. The van der Waals surface area contributed by atoms with E-state index in [1.807, 2.05) is 84.9 Å². The van der Waals surface area contributed by atoms with E-state index in [4.69, 9.17) is 4.74 Å². The smallest absolute Gasteiger partial charge is 0.233 e. The number of carbonyl (C=O) groups excluding carboxylic acids is 1. The molecule has 0 radical (unpaired) electrons. The maximum atomic E-state index is 12.3. The first-order chi connectivity index (χ1) is 14.2. The summed E-state index contributed by atoms with van der Waals surface area (Å²) < 4.78 is 5.79. The minimum atomic E-state index is -0.773. The summed E-state index contributed by atoms with van der Waals surface area (Å²) in [6.45, 7) is 1.18. The third kappa shape index (κ3) is 6.44. The van der Waals surface area contributed by atoms with Crippen molar-refractivity contribution in [1.29, 1.82) is 0 Å². The molecule has 0 aliphatic heterocycles. The van der Waals surface area contributed by atoms with Crippen molar-refractivity contribution >= 4 is 21.8 Å². The topological polar surface area (TPSA) is 49.8 Å². The first-order valence-electron chi connectivity index (χ1n) is 9.48. The molecule has 0 fully saturated rings. The number of benzene rings is 3. The lowest BCUT2D eigenvalue weighted by Crippen LogP contribution is -2.35. The lowest BCUT2D eigenvalue weighted by Gasteiger charge is -2.25. The Kier molecular flexibility index (Phi) is 7.85. The van der Waals surface area contributed by atoms with Gasteiger partial charge in [0.1, 0.15) is 12.4 Å². The molecule has 5 heteroatoms. The molecule has 0 aliphatic rings. The summed E-state index contributed by atoms with van der Waals surface area (Å²) in [7, 11) is 0. The fourth-order valence-electron chi connectivity index (χ4n) is 2.98. The molecule has 0 aliphatic carbocycles. The van der Waals surface area contributed by atoms with Crippen LogP contribution < -0.4 is 4.74 Å². The molecule has 3 aromatic rings. The molecule has 0 aromatic heterocycles. The van der Waals surface area contributed by atoms with Crippen molar-refractivity contribution in [2.24, 2.45) is 0 Å². The van der Waals surface area contributed by atoms with Crippen LogP contribution in [0.2, 0.25) is 0 Å². The normalized spacial score (nSPS) is 11.7. The van der Waals surface area contributed by atoms with E-state index in [1.54, 1.807) is 4.90 Å². The van der Waals surface area contributed by atoms with E-state index in [2.05, 4.69) is 15.9 Å². The zero-order valence-corrected chi connectivity index (χ0v) is 17.7. The molecule has 29 heavy (non-hydrogen) atoms. The van der Waals surface area contributed by atoms with Gasteiger partial charge < -0.3 is 14.7 Å². The molecule has 3 rings (SSSR count). The summed E-state index contributed by atoms with van der Waals surface area (Å²) in [5.41, 5.74) is 2.87. The fourth-order valence-corrected chi connectivity index (χ4v) is 3.34. The van der Waals surface area contributed by atoms with Gasteiger partial charge in [0.05, 0.1) is 18.0 Å². The number of amides is 1. The average Bonchev–Trinajstić information content (AvgIpc) is 2.78. The standard InChI is InChI=1S/C24H24BrNO3/c25-15-24(28)26(16-19-7-3-1-4-8-19)17-23(27)21-11-13-22(14-12-21)29-18-20-9-5-2-6-10-20/h1-14,23,27H,15-18H2. The van der Waals surface area contributed by atoms with Gasteiger partial charge in [0.2, 0.25) is 5.91 Å². The molecule has 0 spiro atoms. The van der Waals surface area contributed by atoms with E-state index in [-0.39, 0.29) is 17.8 Å². The number of hydrogen-bond acceptors (Lipinski definition) is 3. The molecule has 3 aromatic carbocycles. The van der Waals surface area contributed by atoms with E-state index in [0.717, 1.165) is 22.4 Å². The largest absolute Gasteiger partial charge is 0.489 e. The fraction of sp³-hybridized carbons (Fsp3) is 0.208. The van der Waals surface area contributed by atoms with Crippen LogP contribution >= 0.6 is 15.9 Å². The van der Waals surface area contributed by atoms with Gasteiger partial charge in [-0.15, -0.1) is 0 Å². The summed E-state index contributed by atoms with van der Waals surface area (Å²) in [5, 5.41) is 10.9. The first kappa shape index (κ1) is 21.1. The maximum absolute atomic E-state index is 12.3. The van der Waals surface area contributed by atoms with Crippen molar-refractivity contribution in [3.8, 4) is 5.75 Å². The van der Waals surface area contributed by atoms with Gasteiger partial charge in [-0.2, -0.15) is 0 Å². The van der Waals surface area contributed by atoms with E-state index in [1.165, 1.54) is 0 Å². The van der Waals surface area contributed by atoms with Crippen molar-refractivity contribution in [2.75, 3.05) is 11.9 Å². The number of halogens is 1. The number of hydrogen-bond donors (Lipinski definition) is 1. The van der Waals surface area contributed by atoms with Crippen LogP contribution in [0.15, 0.2) is 84.9 Å². The number of nitrogens with zero attached hydrogens (tertiary/aromatic N) is 1. The molecule has 150 valence electrons. The van der Waals surface area contributed by atoms with Crippen LogP contribution in [0.3, 0.4) is 0 Å². The Morgan fingerprint density at radius 1 is 0.897 bits per heavy atom. The van der Waals surface area contributed by atoms with E-state index in [9.17, 15) is 9.90 Å².